The summed E-state index contributed by atoms with van der Waals surface area (Å²) in [5.41, 5.74) is 0.936. The number of nitrogens with zero attached hydrogens (tertiary/aromatic N) is 1. The Labute approximate surface area is 173 Å². The number of benzene rings is 3. The average Bonchev–Trinajstić information content (AvgIpc) is 3.02. The van der Waals surface area contributed by atoms with Gasteiger partial charge < -0.3 is 4.42 Å². The number of para-hydroxylation sites is 1. The Morgan fingerprint density at radius 2 is 1.59 bits per heavy atom. The van der Waals surface area contributed by atoms with Crippen LogP contribution in [0.5, 0.6) is 0 Å². The van der Waals surface area contributed by atoms with Gasteiger partial charge in [0, 0.05) is 15.7 Å². The van der Waals surface area contributed by atoms with Gasteiger partial charge in [0.05, 0.1) is 17.0 Å². The summed E-state index contributed by atoms with van der Waals surface area (Å²) in [5.74, 6) is -1.02. The minimum absolute atomic E-state index is 0.0510. The summed E-state index contributed by atoms with van der Waals surface area (Å²) in [4.78, 5) is 28.1. The molecule has 0 fully saturated rings. The van der Waals surface area contributed by atoms with Crippen molar-refractivity contribution >= 4 is 38.5 Å². The quantitative estimate of drug-likeness (QED) is 0.409. The number of fused-ring (bicyclic) bond motifs is 2. The average molecular weight is 450 g/mol. The lowest BCUT2D eigenvalue weighted by Crippen LogP contribution is -2.30. The Balaban J connectivity index is 1.84. The fraction of sp³-hybridized carbons (Fsp3) is 0.0435. The number of anilines is 1. The van der Waals surface area contributed by atoms with Gasteiger partial charge in [0.1, 0.15) is 11.4 Å². The summed E-state index contributed by atoms with van der Waals surface area (Å²) in [7, 11) is 0. The van der Waals surface area contributed by atoms with Crippen molar-refractivity contribution in [3.05, 3.63) is 110 Å². The first-order valence-electron chi connectivity index (χ1n) is 8.95. The molecule has 4 aromatic rings. The minimum Gasteiger partial charge on any atom is -0.450 e. The van der Waals surface area contributed by atoms with Crippen LogP contribution in [0.25, 0.3) is 11.0 Å². The van der Waals surface area contributed by atoms with Crippen LogP contribution in [0.2, 0.25) is 0 Å². The third kappa shape index (κ3) is 2.71. The van der Waals surface area contributed by atoms with E-state index in [1.165, 1.54) is 11.0 Å². The Bertz CT molecular complexity index is 1330. The SMILES string of the molecule is O=C1c2oc3ccccc3c(=O)c2C(c2ccccc2F)N1c1ccc(Br)cc1. The molecule has 4 nitrogen and oxygen atoms in total. The van der Waals surface area contributed by atoms with Crippen LogP contribution in [0, 0.1) is 5.82 Å². The van der Waals surface area contributed by atoms with Crippen molar-refractivity contribution in [3.8, 4) is 0 Å². The molecule has 0 N–H and O–H groups in total. The summed E-state index contributed by atoms with van der Waals surface area (Å²) in [6.07, 6.45) is 0. The highest BCUT2D eigenvalue weighted by Gasteiger charge is 2.44. The van der Waals surface area contributed by atoms with Crippen molar-refractivity contribution in [1.29, 1.82) is 0 Å². The number of carbonyl (C=O) groups is 1. The lowest BCUT2D eigenvalue weighted by atomic mass is 9.98. The zero-order valence-electron chi connectivity index (χ0n) is 14.9. The number of amides is 1. The van der Waals surface area contributed by atoms with Gasteiger partial charge >= 0.3 is 0 Å². The summed E-state index contributed by atoms with van der Waals surface area (Å²) >= 11 is 3.38. The third-order valence-corrected chi connectivity index (χ3v) is 5.61. The Morgan fingerprint density at radius 3 is 2.34 bits per heavy atom. The van der Waals surface area contributed by atoms with E-state index in [4.69, 9.17) is 4.42 Å². The van der Waals surface area contributed by atoms with Gasteiger partial charge in [-0.2, -0.15) is 0 Å². The molecule has 1 aliphatic heterocycles. The zero-order valence-corrected chi connectivity index (χ0v) is 16.5. The van der Waals surface area contributed by atoms with Crippen LogP contribution in [0.3, 0.4) is 0 Å². The first-order chi connectivity index (χ1) is 14.1. The van der Waals surface area contributed by atoms with Crippen LogP contribution in [0.1, 0.15) is 27.7 Å². The molecule has 29 heavy (non-hydrogen) atoms. The third-order valence-electron chi connectivity index (χ3n) is 5.08. The van der Waals surface area contributed by atoms with E-state index in [9.17, 15) is 14.0 Å². The molecule has 0 bridgehead atoms. The van der Waals surface area contributed by atoms with Gasteiger partial charge in [0.15, 0.2) is 5.43 Å². The molecule has 1 unspecified atom stereocenters. The second kappa shape index (κ2) is 6.67. The van der Waals surface area contributed by atoms with Crippen molar-refractivity contribution in [2.75, 3.05) is 4.90 Å². The maximum Gasteiger partial charge on any atom is 0.295 e. The molecule has 142 valence electrons. The molecule has 0 saturated heterocycles. The van der Waals surface area contributed by atoms with E-state index in [2.05, 4.69) is 15.9 Å². The van der Waals surface area contributed by atoms with E-state index in [1.807, 2.05) is 0 Å². The standard InChI is InChI=1S/C23H13BrFNO3/c24-13-9-11-14(12-10-13)26-20(15-5-1-3-7-17(15)25)19-21(27)16-6-2-4-8-18(16)29-22(19)23(26)28/h1-12,20H. The predicted octanol–water partition coefficient (Wildman–Crippen LogP) is 5.44. The first-order valence-corrected chi connectivity index (χ1v) is 9.75. The number of halogens is 2. The van der Waals surface area contributed by atoms with Crippen LogP contribution < -0.4 is 10.3 Å². The summed E-state index contributed by atoms with van der Waals surface area (Å²) < 4.78 is 21.5. The summed E-state index contributed by atoms with van der Waals surface area (Å²) in [6, 6.07) is 19.1. The van der Waals surface area contributed by atoms with Gasteiger partial charge in [0.2, 0.25) is 5.76 Å². The molecule has 0 saturated carbocycles. The van der Waals surface area contributed by atoms with E-state index in [1.54, 1.807) is 66.7 Å². The van der Waals surface area contributed by atoms with Crippen LogP contribution in [0.4, 0.5) is 10.1 Å². The number of rotatable bonds is 2. The van der Waals surface area contributed by atoms with Gasteiger partial charge in [-0.3, -0.25) is 14.5 Å². The second-order valence-corrected chi connectivity index (χ2v) is 7.66. The Morgan fingerprint density at radius 1 is 0.897 bits per heavy atom. The van der Waals surface area contributed by atoms with E-state index in [0.29, 0.717) is 16.7 Å². The summed E-state index contributed by atoms with van der Waals surface area (Å²) in [6.45, 7) is 0. The minimum atomic E-state index is -0.916. The molecule has 0 spiro atoms. The normalized spacial score (nSPS) is 15.7. The van der Waals surface area contributed by atoms with Crippen LogP contribution in [-0.4, -0.2) is 5.91 Å². The summed E-state index contributed by atoms with van der Waals surface area (Å²) in [5, 5.41) is 0.359. The monoisotopic (exact) mass is 449 g/mol. The molecule has 6 heteroatoms. The second-order valence-electron chi connectivity index (χ2n) is 6.75. The smallest absolute Gasteiger partial charge is 0.295 e. The molecular weight excluding hydrogens is 437 g/mol. The highest BCUT2D eigenvalue weighted by atomic mass is 79.9. The van der Waals surface area contributed by atoms with Crippen LogP contribution >= 0.6 is 15.9 Å². The van der Waals surface area contributed by atoms with E-state index < -0.39 is 17.8 Å². The Kier molecular flexibility index (Phi) is 4.10. The molecule has 1 atom stereocenters. The molecule has 2 heterocycles. The number of hydrogen-bond acceptors (Lipinski definition) is 3. The largest absolute Gasteiger partial charge is 0.450 e. The maximum absolute atomic E-state index is 14.8. The maximum atomic E-state index is 14.8. The van der Waals surface area contributed by atoms with Crippen molar-refractivity contribution in [1.82, 2.24) is 0 Å². The number of carbonyl (C=O) groups excluding carboxylic acids is 1. The molecule has 3 aromatic carbocycles. The van der Waals surface area contributed by atoms with E-state index in [-0.39, 0.29) is 22.3 Å². The van der Waals surface area contributed by atoms with Gasteiger partial charge in [-0.25, -0.2) is 4.39 Å². The fourth-order valence-corrected chi connectivity index (χ4v) is 4.04. The molecular formula is C23H13BrFNO3. The lowest BCUT2D eigenvalue weighted by molar-refractivity contribution is 0.0971. The van der Waals surface area contributed by atoms with Gasteiger partial charge in [-0.05, 0) is 42.5 Å². The lowest BCUT2D eigenvalue weighted by Gasteiger charge is -2.25. The van der Waals surface area contributed by atoms with Crippen LogP contribution in [0.15, 0.2) is 86.5 Å². The molecule has 1 aromatic heterocycles. The van der Waals surface area contributed by atoms with Crippen molar-refractivity contribution in [2.45, 2.75) is 6.04 Å². The molecule has 0 radical (unpaired) electrons. The zero-order chi connectivity index (χ0) is 20.1. The molecule has 1 amide bonds. The van der Waals surface area contributed by atoms with Crippen molar-refractivity contribution in [2.24, 2.45) is 0 Å². The van der Waals surface area contributed by atoms with Gasteiger partial charge in [0.25, 0.3) is 5.91 Å². The van der Waals surface area contributed by atoms with E-state index >= 15 is 0 Å². The van der Waals surface area contributed by atoms with Crippen molar-refractivity contribution in [3.63, 3.8) is 0 Å². The van der Waals surface area contributed by atoms with Crippen molar-refractivity contribution < 1.29 is 13.6 Å². The van der Waals surface area contributed by atoms with E-state index in [0.717, 1.165) is 4.47 Å². The number of hydrogen-bond donors (Lipinski definition) is 0. The first kappa shape index (κ1) is 17.8. The molecule has 1 aliphatic rings. The highest BCUT2D eigenvalue weighted by Crippen LogP contribution is 2.42. The highest BCUT2D eigenvalue weighted by molar-refractivity contribution is 9.10. The topological polar surface area (TPSA) is 50.5 Å². The fourth-order valence-electron chi connectivity index (χ4n) is 3.78. The molecule has 0 aliphatic carbocycles. The predicted molar refractivity (Wildman–Crippen MR) is 112 cm³/mol. The molecule has 5 rings (SSSR count). The van der Waals surface area contributed by atoms with Gasteiger partial charge in [-0.15, -0.1) is 0 Å². The Hall–Kier alpha value is -3.25. The van der Waals surface area contributed by atoms with Gasteiger partial charge in [-0.1, -0.05) is 46.3 Å². The van der Waals surface area contributed by atoms with Crippen LogP contribution in [-0.2, 0) is 0 Å².